The van der Waals surface area contributed by atoms with Crippen molar-refractivity contribution < 1.29 is 9.53 Å². The minimum Gasteiger partial charge on any atom is -0.481 e. The van der Waals surface area contributed by atoms with Gasteiger partial charge >= 0.3 is 0 Å². The topological polar surface area (TPSA) is 54.5 Å². The molecular weight excluding hydrogens is 278 g/mol. The summed E-state index contributed by atoms with van der Waals surface area (Å²) >= 11 is 0. The van der Waals surface area contributed by atoms with Crippen LogP contribution in [0.4, 0.5) is 11.4 Å². The number of para-hydroxylation sites is 1. The lowest BCUT2D eigenvalue weighted by Crippen LogP contribution is -2.40. The molecular formula is C17H19N3O2. The zero-order valence-electron chi connectivity index (χ0n) is 12.7. The number of anilines is 2. The van der Waals surface area contributed by atoms with Gasteiger partial charge in [0.25, 0.3) is 0 Å². The number of hydrogen-bond donors (Lipinski definition) is 1. The summed E-state index contributed by atoms with van der Waals surface area (Å²) in [6, 6.07) is 11.4. The minimum atomic E-state index is -0.318. The van der Waals surface area contributed by atoms with Crippen molar-refractivity contribution in [3.63, 3.8) is 0 Å². The number of hydrogen-bond acceptors (Lipinski definition) is 4. The summed E-state index contributed by atoms with van der Waals surface area (Å²) in [6.07, 6.45) is 2.58. The van der Waals surface area contributed by atoms with Gasteiger partial charge in [-0.2, -0.15) is 0 Å². The van der Waals surface area contributed by atoms with Gasteiger partial charge in [0.15, 0.2) is 0 Å². The predicted octanol–water partition coefficient (Wildman–Crippen LogP) is 2.48. The number of rotatable bonds is 4. The van der Waals surface area contributed by atoms with Gasteiger partial charge in [-0.15, -0.1) is 0 Å². The van der Waals surface area contributed by atoms with E-state index in [1.165, 1.54) is 5.56 Å². The summed E-state index contributed by atoms with van der Waals surface area (Å²) in [5.74, 6) is 0.624. The number of methoxy groups -OCH3 is 1. The van der Waals surface area contributed by atoms with Crippen molar-refractivity contribution in [1.82, 2.24) is 4.98 Å². The van der Waals surface area contributed by atoms with E-state index in [4.69, 9.17) is 4.74 Å². The Kier molecular flexibility index (Phi) is 3.96. The van der Waals surface area contributed by atoms with Crippen LogP contribution in [0.3, 0.4) is 0 Å². The zero-order valence-corrected chi connectivity index (χ0v) is 12.7. The molecule has 0 saturated heterocycles. The number of benzene rings is 1. The van der Waals surface area contributed by atoms with Gasteiger partial charge in [-0.05, 0) is 31.0 Å². The van der Waals surface area contributed by atoms with Crippen LogP contribution < -0.4 is 15.0 Å². The molecule has 0 bridgehead atoms. The highest BCUT2D eigenvalue weighted by molar-refractivity contribution is 6.00. The van der Waals surface area contributed by atoms with Crippen molar-refractivity contribution in [2.75, 3.05) is 23.9 Å². The minimum absolute atomic E-state index is 0.0702. The first kappa shape index (κ1) is 14.4. The highest BCUT2D eigenvalue weighted by Gasteiger charge is 2.27. The average Bonchev–Trinajstić information content (AvgIpc) is 2.99. The summed E-state index contributed by atoms with van der Waals surface area (Å²) in [5.41, 5.74) is 3.05. The van der Waals surface area contributed by atoms with Crippen LogP contribution in [0.25, 0.3) is 0 Å². The fraction of sp³-hybridized carbons (Fsp3) is 0.294. The van der Waals surface area contributed by atoms with Gasteiger partial charge in [-0.3, -0.25) is 4.79 Å². The van der Waals surface area contributed by atoms with Gasteiger partial charge in [0, 0.05) is 18.3 Å². The lowest BCUT2D eigenvalue weighted by molar-refractivity contribution is -0.118. The van der Waals surface area contributed by atoms with Crippen LogP contribution in [0.15, 0.2) is 42.6 Å². The number of nitrogens with zero attached hydrogens (tertiary/aromatic N) is 2. The number of ether oxygens (including phenoxy) is 1. The maximum atomic E-state index is 12.7. The van der Waals surface area contributed by atoms with Crippen LogP contribution in [0, 0.1) is 0 Å². The molecule has 1 N–H and O–H groups in total. The zero-order chi connectivity index (χ0) is 15.5. The number of fused-ring (bicyclic) bond motifs is 1. The Labute approximate surface area is 129 Å². The fourth-order valence-corrected chi connectivity index (χ4v) is 2.70. The molecule has 5 heteroatoms. The highest BCUT2D eigenvalue weighted by atomic mass is 16.5. The molecule has 2 heterocycles. The molecule has 1 amide bonds. The average molecular weight is 297 g/mol. The van der Waals surface area contributed by atoms with E-state index < -0.39 is 0 Å². The highest BCUT2D eigenvalue weighted by Crippen LogP contribution is 2.28. The third kappa shape index (κ3) is 2.74. The maximum Gasteiger partial charge on any atom is 0.249 e. The molecule has 1 atom stereocenters. The van der Waals surface area contributed by atoms with Crippen molar-refractivity contribution >= 4 is 17.3 Å². The number of carbonyl (C=O) groups excluding carboxylic acids is 1. The first-order chi connectivity index (χ1) is 10.7. The summed E-state index contributed by atoms with van der Waals surface area (Å²) in [4.78, 5) is 18.6. The quantitative estimate of drug-likeness (QED) is 0.942. The van der Waals surface area contributed by atoms with Crippen LogP contribution in [0.5, 0.6) is 5.88 Å². The number of amides is 1. The lowest BCUT2D eigenvalue weighted by Gasteiger charge is -2.23. The van der Waals surface area contributed by atoms with Crippen LogP contribution in [-0.4, -0.2) is 30.6 Å². The van der Waals surface area contributed by atoms with Crippen LogP contribution in [0.1, 0.15) is 12.5 Å². The third-order valence-corrected chi connectivity index (χ3v) is 3.85. The van der Waals surface area contributed by atoms with Gasteiger partial charge < -0.3 is 15.0 Å². The van der Waals surface area contributed by atoms with Crippen LogP contribution in [0.2, 0.25) is 0 Å². The molecule has 0 spiro atoms. The summed E-state index contributed by atoms with van der Waals surface area (Å²) in [6.45, 7) is 2.61. The van der Waals surface area contributed by atoms with Gasteiger partial charge in [0.05, 0.1) is 19.0 Å². The first-order valence-electron chi connectivity index (χ1n) is 7.35. The summed E-state index contributed by atoms with van der Waals surface area (Å²) in [7, 11) is 1.58. The van der Waals surface area contributed by atoms with Crippen molar-refractivity contribution in [2.24, 2.45) is 0 Å². The molecule has 114 valence electrons. The number of nitrogens with one attached hydrogen (secondary N) is 1. The molecule has 0 saturated carbocycles. The fourth-order valence-electron chi connectivity index (χ4n) is 2.70. The molecule has 0 fully saturated rings. The van der Waals surface area contributed by atoms with E-state index in [1.807, 2.05) is 36.1 Å². The van der Waals surface area contributed by atoms with E-state index in [9.17, 15) is 4.79 Å². The second-order valence-electron chi connectivity index (χ2n) is 5.32. The Hall–Kier alpha value is -2.56. The van der Waals surface area contributed by atoms with Crippen molar-refractivity contribution in [1.29, 1.82) is 0 Å². The Balaban J connectivity index is 1.70. The summed E-state index contributed by atoms with van der Waals surface area (Å²) in [5, 5.41) is 3.19. The maximum absolute atomic E-state index is 12.7. The standard InChI is InChI=1S/C17H19N3O2/c1-12(19-14-7-8-16(22-2)18-11-14)17(21)20-10-9-13-5-3-4-6-15(13)20/h3-8,11-12,19H,9-10H2,1-2H3/t12-/m1/s1. The molecule has 3 rings (SSSR count). The third-order valence-electron chi connectivity index (χ3n) is 3.85. The number of carbonyl (C=O) groups is 1. The van der Waals surface area contributed by atoms with Crippen LogP contribution >= 0.6 is 0 Å². The largest absolute Gasteiger partial charge is 0.481 e. The molecule has 1 aliphatic heterocycles. The van der Waals surface area contributed by atoms with Crippen LogP contribution in [-0.2, 0) is 11.2 Å². The predicted molar refractivity (Wildman–Crippen MR) is 86.4 cm³/mol. The Bertz CT molecular complexity index is 670. The molecule has 2 aromatic rings. The molecule has 1 aromatic heterocycles. The van der Waals surface area contributed by atoms with Crippen molar-refractivity contribution in [3.05, 3.63) is 48.2 Å². The number of pyridine rings is 1. The Morgan fingerprint density at radius 2 is 2.14 bits per heavy atom. The molecule has 0 aliphatic carbocycles. The second kappa shape index (κ2) is 6.05. The van der Waals surface area contributed by atoms with E-state index in [2.05, 4.69) is 16.4 Å². The van der Waals surface area contributed by atoms with E-state index in [1.54, 1.807) is 19.4 Å². The molecule has 0 unspecified atom stereocenters. The van der Waals surface area contributed by atoms with E-state index in [-0.39, 0.29) is 11.9 Å². The molecule has 1 aliphatic rings. The number of aromatic nitrogens is 1. The van der Waals surface area contributed by atoms with Crippen molar-refractivity contribution in [3.8, 4) is 5.88 Å². The Morgan fingerprint density at radius 3 is 2.86 bits per heavy atom. The van der Waals surface area contributed by atoms with Gasteiger partial charge in [-0.1, -0.05) is 18.2 Å². The lowest BCUT2D eigenvalue weighted by atomic mass is 10.2. The normalized spacial score (nSPS) is 14.4. The molecule has 0 radical (unpaired) electrons. The summed E-state index contributed by atoms with van der Waals surface area (Å²) < 4.78 is 5.03. The van der Waals surface area contributed by atoms with E-state index in [0.29, 0.717) is 5.88 Å². The molecule has 1 aromatic carbocycles. The molecule has 22 heavy (non-hydrogen) atoms. The van der Waals surface area contributed by atoms with Crippen molar-refractivity contribution in [2.45, 2.75) is 19.4 Å². The monoisotopic (exact) mass is 297 g/mol. The van der Waals surface area contributed by atoms with Gasteiger partial charge in [-0.25, -0.2) is 4.98 Å². The Morgan fingerprint density at radius 1 is 1.32 bits per heavy atom. The second-order valence-corrected chi connectivity index (χ2v) is 5.32. The van der Waals surface area contributed by atoms with E-state index in [0.717, 1.165) is 24.3 Å². The first-order valence-corrected chi connectivity index (χ1v) is 7.35. The van der Waals surface area contributed by atoms with Gasteiger partial charge in [0.2, 0.25) is 11.8 Å². The smallest absolute Gasteiger partial charge is 0.249 e. The molecule has 5 nitrogen and oxygen atoms in total. The SMILES string of the molecule is COc1ccc(N[C@H](C)C(=O)N2CCc3ccccc32)cn1. The van der Waals surface area contributed by atoms with Gasteiger partial charge in [0.1, 0.15) is 6.04 Å². The van der Waals surface area contributed by atoms with E-state index >= 15 is 0 Å².